The number of nitrogens with zero attached hydrogens (tertiary/aromatic N) is 2. The second-order valence-electron chi connectivity index (χ2n) is 5.55. The van der Waals surface area contributed by atoms with Crippen molar-refractivity contribution < 1.29 is 17.9 Å². The normalized spacial score (nSPS) is 19.1. The van der Waals surface area contributed by atoms with Crippen LogP contribution in [0.3, 0.4) is 0 Å². The highest BCUT2D eigenvalue weighted by atomic mass is 32.2. The average molecular weight is 367 g/mol. The molecule has 1 fully saturated rings. The topological polar surface area (TPSA) is 98.2 Å². The van der Waals surface area contributed by atoms with Crippen molar-refractivity contribution in [2.45, 2.75) is 25.5 Å². The Kier molecular flexibility index (Phi) is 5.10. The number of carbonyl (C=O) groups excluding carboxylic acids is 1. The summed E-state index contributed by atoms with van der Waals surface area (Å²) in [6, 6.07) is 3.32. The fourth-order valence-corrected chi connectivity index (χ4v) is 4.80. The minimum absolute atomic E-state index is 0.0278. The van der Waals surface area contributed by atoms with Crippen LogP contribution in [0.5, 0.6) is 5.75 Å². The van der Waals surface area contributed by atoms with Gasteiger partial charge in [-0.25, -0.2) is 13.4 Å². The van der Waals surface area contributed by atoms with Gasteiger partial charge in [0.25, 0.3) is 0 Å². The number of rotatable bonds is 6. The molecule has 0 aliphatic carbocycles. The van der Waals surface area contributed by atoms with E-state index in [-0.39, 0.29) is 29.9 Å². The SMILES string of the molecule is O=C(Cc1csc(COc2cccnc2)n1)NC1CCS(=O)(=O)C1. The molecule has 128 valence electrons. The van der Waals surface area contributed by atoms with E-state index in [0.717, 1.165) is 5.01 Å². The van der Waals surface area contributed by atoms with Gasteiger partial charge in [0, 0.05) is 17.6 Å². The Bertz CT molecular complexity index is 805. The third kappa shape index (κ3) is 4.75. The molecular formula is C15H17N3O4S2. The third-order valence-electron chi connectivity index (χ3n) is 3.54. The van der Waals surface area contributed by atoms with E-state index >= 15 is 0 Å². The van der Waals surface area contributed by atoms with Crippen molar-refractivity contribution in [2.24, 2.45) is 0 Å². The van der Waals surface area contributed by atoms with E-state index in [1.54, 1.807) is 18.5 Å². The van der Waals surface area contributed by atoms with Gasteiger partial charge in [0.05, 0.1) is 29.8 Å². The Hall–Kier alpha value is -2.00. The lowest BCUT2D eigenvalue weighted by Gasteiger charge is -2.09. The molecule has 0 bridgehead atoms. The van der Waals surface area contributed by atoms with Crippen LogP contribution < -0.4 is 10.1 Å². The van der Waals surface area contributed by atoms with Crippen LogP contribution in [0, 0.1) is 0 Å². The molecule has 3 heterocycles. The van der Waals surface area contributed by atoms with Crippen LogP contribution in [-0.4, -0.2) is 41.8 Å². The standard InChI is InChI=1S/C15H17N3O4S2/c19-14(17-11-3-5-24(20,21)10-11)6-12-9-23-15(18-12)8-22-13-2-1-4-16-7-13/h1-2,4,7,9,11H,3,5-6,8,10H2,(H,17,19). The first-order chi connectivity index (χ1) is 11.5. The number of carbonyl (C=O) groups is 1. The quantitative estimate of drug-likeness (QED) is 0.817. The predicted octanol–water partition coefficient (Wildman–Crippen LogP) is 0.963. The zero-order valence-electron chi connectivity index (χ0n) is 12.8. The number of thiazole rings is 1. The first-order valence-corrected chi connectivity index (χ1v) is 10.2. The van der Waals surface area contributed by atoms with E-state index < -0.39 is 9.84 Å². The van der Waals surface area contributed by atoms with Gasteiger partial charge in [0.1, 0.15) is 17.4 Å². The van der Waals surface area contributed by atoms with Crippen molar-refractivity contribution >= 4 is 27.1 Å². The molecule has 0 radical (unpaired) electrons. The predicted molar refractivity (Wildman–Crippen MR) is 89.6 cm³/mol. The van der Waals surface area contributed by atoms with Gasteiger partial charge in [-0.1, -0.05) is 0 Å². The smallest absolute Gasteiger partial charge is 0.226 e. The molecule has 3 rings (SSSR count). The number of hydrogen-bond donors (Lipinski definition) is 1. The molecule has 0 spiro atoms. The average Bonchev–Trinajstić information content (AvgIpc) is 3.12. The van der Waals surface area contributed by atoms with Crippen molar-refractivity contribution in [3.8, 4) is 5.75 Å². The van der Waals surface area contributed by atoms with E-state index in [0.29, 0.717) is 24.5 Å². The minimum Gasteiger partial charge on any atom is -0.485 e. The van der Waals surface area contributed by atoms with Crippen molar-refractivity contribution in [3.05, 3.63) is 40.6 Å². The van der Waals surface area contributed by atoms with Gasteiger partial charge in [-0.05, 0) is 18.6 Å². The van der Waals surface area contributed by atoms with Crippen LogP contribution in [0.2, 0.25) is 0 Å². The first-order valence-electron chi connectivity index (χ1n) is 7.46. The van der Waals surface area contributed by atoms with E-state index in [9.17, 15) is 13.2 Å². The molecule has 7 nitrogen and oxygen atoms in total. The lowest BCUT2D eigenvalue weighted by molar-refractivity contribution is -0.121. The van der Waals surface area contributed by atoms with Gasteiger partial charge in [-0.2, -0.15) is 0 Å². The monoisotopic (exact) mass is 367 g/mol. The number of aromatic nitrogens is 2. The summed E-state index contributed by atoms with van der Waals surface area (Å²) in [4.78, 5) is 20.3. The van der Waals surface area contributed by atoms with Crippen LogP contribution in [0.15, 0.2) is 29.9 Å². The van der Waals surface area contributed by atoms with E-state index in [1.165, 1.54) is 11.3 Å². The molecule has 0 saturated carbocycles. The van der Waals surface area contributed by atoms with Crippen LogP contribution in [0.25, 0.3) is 0 Å². The molecule has 24 heavy (non-hydrogen) atoms. The van der Waals surface area contributed by atoms with Crippen LogP contribution in [0.4, 0.5) is 0 Å². The highest BCUT2D eigenvalue weighted by Crippen LogP contribution is 2.15. The second-order valence-corrected chi connectivity index (χ2v) is 8.73. The summed E-state index contributed by atoms with van der Waals surface area (Å²) in [6.45, 7) is 0.318. The maximum atomic E-state index is 12.0. The lowest BCUT2D eigenvalue weighted by atomic mass is 10.2. The summed E-state index contributed by atoms with van der Waals surface area (Å²) in [5.41, 5.74) is 0.656. The van der Waals surface area contributed by atoms with Crippen molar-refractivity contribution in [3.63, 3.8) is 0 Å². The first kappa shape index (κ1) is 16.8. The highest BCUT2D eigenvalue weighted by molar-refractivity contribution is 7.91. The van der Waals surface area contributed by atoms with Gasteiger partial charge in [0.2, 0.25) is 5.91 Å². The zero-order chi connectivity index (χ0) is 17.0. The van der Waals surface area contributed by atoms with Crippen molar-refractivity contribution in [1.82, 2.24) is 15.3 Å². The van der Waals surface area contributed by atoms with E-state index in [4.69, 9.17) is 4.74 Å². The van der Waals surface area contributed by atoms with Gasteiger partial charge in [-0.3, -0.25) is 9.78 Å². The second kappa shape index (κ2) is 7.27. The number of hydrogen-bond acceptors (Lipinski definition) is 7. The lowest BCUT2D eigenvalue weighted by Crippen LogP contribution is -2.36. The maximum Gasteiger partial charge on any atom is 0.226 e. The summed E-state index contributed by atoms with van der Waals surface area (Å²) in [7, 11) is -2.99. The molecule has 1 unspecified atom stereocenters. The van der Waals surface area contributed by atoms with Gasteiger partial charge in [0.15, 0.2) is 9.84 Å². The molecule has 2 aromatic rings. The summed E-state index contributed by atoms with van der Waals surface area (Å²) < 4.78 is 28.3. The minimum atomic E-state index is -2.99. The van der Waals surface area contributed by atoms with E-state index in [2.05, 4.69) is 15.3 Å². The molecule has 1 N–H and O–H groups in total. The van der Waals surface area contributed by atoms with E-state index in [1.807, 2.05) is 11.4 Å². The van der Waals surface area contributed by atoms with Crippen molar-refractivity contribution in [1.29, 1.82) is 0 Å². The third-order valence-corrected chi connectivity index (χ3v) is 6.17. The largest absolute Gasteiger partial charge is 0.485 e. The molecule has 0 aromatic carbocycles. The molecule has 2 aromatic heterocycles. The summed E-state index contributed by atoms with van der Waals surface area (Å²) in [5.74, 6) is 0.626. The molecule has 1 aliphatic heterocycles. The summed E-state index contributed by atoms with van der Waals surface area (Å²) >= 11 is 1.42. The fraction of sp³-hybridized carbons (Fsp3) is 0.400. The Morgan fingerprint density at radius 3 is 3.04 bits per heavy atom. The Balaban J connectivity index is 1.48. The highest BCUT2D eigenvalue weighted by Gasteiger charge is 2.28. The molecule has 1 saturated heterocycles. The number of nitrogens with one attached hydrogen (secondary N) is 1. The van der Waals surface area contributed by atoms with Crippen molar-refractivity contribution in [2.75, 3.05) is 11.5 Å². The van der Waals surface area contributed by atoms with Crippen LogP contribution >= 0.6 is 11.3 Å². The molecule has 1 aliphatic rings. The molecule has 1 atom stereocenters. The summed E-state index contributed by atoms with van der Waals surface area (Å²) in [6.07, 6.45) is 3.91. The molecular weight excluding hydrogens is 350 g/mol. The van der Waals surface area contributed by atoms with Gasteiger partial charge in [-0.15, -0.1) is 11.3 Å². The Morgan fingerprint density at radius 2 is 2.33 bits per heavy atom. The molecule has 9 heteroatoms. The summed E-state index contributed by atoms with van der Waals surface area (Å²) in [5, 5.41) is 5.34. The maximum absolute atomic E-state index is 12.0. The number of amides is 1. The molecule has 1 amide bonds. The Labute approximate surface area is 144 Å². The van der Waals surface area contributed by atoms with Crippen LogP contribution in [0.1, 0.15) is 17.1 Å². The number of ether oxygens (including phenoxy) is 1. The number of pyridine rings is 1. The zero-order valence-corrected chi connectivity index (χ0v) is 14.5. The van der Waals surface area contributed by atoms with Gasteiger partial charge >= 0.3 is 0 Å². The number of sulfone groups is 1. The Morgan fingerprint density at radius 1 is 1.46 bits per heavy atom. The van der Waals surface area contributed by atoms with Crippen LogP contribution in [-0.2, 0) is 27.7 Å². The fourth-order valence-electron chi connectivity index (χ4n) is 2.43. The van der Waals surface area contributed by atoms with Gasteiger partial charge < -0.3 is 10.1 Å².